The first-order valence-corrected chi connectivity index (χ1v) is 7.89. The summed E-state index contributed by atoms with van der Waals surface area (Å²) >= 11 is 0. The molecule has 0 radical (unpaired) electrons. The molecule has 5 heteroatoms. The Labute approximate surface area is 139 Å². The van der Waals surface area contributed by atoms with E-state index in [0.29, 0.717) is 11.3 Å². The smallest absolute Gasteiger partial charge is 0.143 e. The lowest BCUT2D eigenvalue weighted by Crippen LogP contribution is -2.24. The zero-order valence-corrected chi connectivity index (χ0v) is 13.0. The Bertz CT molecular complexity index is 907. The number of anilines is 1. The van der Waals surface area contributed by atoms with Crippen LogP contribution in [0.2, 0.25) is 0 Å². The monoisotopic (exact) mass is 316 g/mol. The first-order chi connectivity index (χ1) is 11.8. The van der Waals surface area contributed by atoms with Crippen LogP contribution in [0, 0.1) is 11.3 Å². The molecule has 3 aromatic rings. The van der Waals surface area contributed by atoms with Crippen molar-refractivity contribution in [3.8, 4) is 23.1 Å². The van der Waals surface area contributed by atoms with Gasteiger partial charge in [0.1, 0.15) is 28.9 Å². The van der Waals surface area contributed by atoms with Crippen LogP contribution in [0.3, 0.4) is 0 Å². The molecule has 118 valence electrons. The predicted octanol–water partition coefficient (Wildman–Crippen LogP) is 3.53. The van der Waals surface area contributed by atoms with E-state index in [1.807, 2.05) is 22.9 Å². The van der Waals surface area contributed by atoms with Crippen LogP contribution in [0.15, 0.2) is 54.6 Å². The second-order valence-electron chi connectivity index (χ2n) is 5.82. The number of nitriles is 1. The summed E-state index contributed by atoms with van der Waals surface area (Å²) in [4.78, 5) is 0. The Hall–Kier alpha value is -3.26. The molecule has 4 rings (SSSR count). The van der Waals surface area contributed by atoms with Crippen LogP contribution in [-0.4, -0.2) is 21.4 Å². The van der Waals surface area contributed by atoms with E-state index in [-0.39, 0.29) is 11.8 Å². The van der Waals surface area contributed by atoms with E-state index >= 15 is 0 Å². The van der Waals surface area contributed by atoms with Crippen LogP contribution < -0.4 is 5.32 Å². The minimum absolute atomic E-state index is 0.111. The maximum atomic E-state index is 9.64. The summed E-state index contributed by atoms with van der Waals surface area (Å²) < 4.78 is 1.92. The molecule has 2 aromatic carbocycles. The van der Waals surface area contributed by atoms with Crippen molar-refractivity contribution in [3.63, 3.8) is 0 Å². The van der Waals surface area contributed by atoms with Gasteiger partial charge in [-0.1, -0.05) is 30.3 Å². The van der Waals surface area contributed by atoms with Crippen molar-refractivity contribution in [2.24, 2.45) is 0 Å². The molecule has 1 aliphatic rings. The predicted molar refractivity (Wildman–Crippen MR) is 91.7 cm³/mol. The highest BCUT2D eigenvalue weighted by Gasteiger charge is 2.28. The zero-order chi connectivity index (χ0) is 16.5. The quantitative estimate of drug-likeness (QED) is 0.758. The fourth-order valence-electron chi connectivity index (χ4n) is 3.19. The summed E-state index contributed by atoms with van der Waals surface area (Å²) in [6.07, 6.45) is 0.915. The zero-order valence-electron chi connectivity index (χ0n) is 13.0. The molecule has 1 aromatic heterocycles. The third-order valence-electron chi connectivity index (χ3n) is 4.35. The molecule has 1 unspecified atom stereocenters. The largest absolute Gasteiger partial charge is 0.508 e. The van der Waals surface area contributed by atoms with Crippen molar-refractivity contribution >= 4 is 5.82 Å². The van der Waals surface area contributed by atoms with Gasteiger partial charge in [-0.3, -0.25) is 0 Å². The number of hydrogen-bond donors (Lipinski definition) is 2. The first kappa shape index (κ1) is 14.3. The van der Waals surface area contributed by atoms with E-state index in [0.717, 1.165) is 24.3 Å². The Morgan fingerprint density at radius 3 is 2.58 bits per heavy atom. The average molecular weight is 316 g/mol. The lowest BCUT2D eigenvalue weighted by Gasteiger charge is -2.26. The van der Waals surface area contributed by atoms with Crippen molar-refractivity contribution in [1.29, 1.82) is 5.26 Å². The second-order valence-corrected chi connectivity index (χ2v) is 5.82. The van der Waals surface area contributed by atoms with Gasteiger partial charge < -0.3 is 10.4 Å². The summed E-state index contributed by atoms with van der Waals surface area (Å²) in [6, 6.07) is 19.4. The van der Waals surface area contributed by atoms with Crippen molar-refractivity contribution in [3.05, 3.63) is 65.7 Å². The van der Waals surface area contributed by atoms with Gasteiger partial charge in [0.15, 0.2) is 0 Å². The molecule has 1 aliphatic heterocycles. The van der Waals surface area contributed by atoms with Crippen molar-refractivity contribution in [1.82, 2.24) is 9.78 Å². The Balaban J connectivity index is 1.86. The van der Waals surface area contributed by atoms with Crippen LogP contribution >= 0.6 is 0 Å². The highest BCUT2D eigenvalue weighted by Crippen LogP contribution is 2.36. The van der Waals surface area contributed by atoms with Gasteiger partial charge in [0.25, 0.3) is 0 Å². The molecule has 2 heterocycles. The van der Waals surface area contributed by atoms with Crippen LogP contribution in [0.25, 0.3) is 11.3 Å². The summed E-state index contributed by atoms with van der Waals surface area (Å²) in [7, 11) is 0. The van der Waals surface area contributed by atoms with Gasteiger partial charge in [0, 0.05) is 12.1 Å². The molecular formula is C19H16N4O. The summed E-state index contributed by atoms with van der Waals surface area (Å²) in [5.41, 5.74) is 3.19. The third kappa shape index (κ3) is 2.29. The van der Waals surface area contributed by atoms with Crippen molar-refractivity contribution in [2.75, 3.05) is 11.9 Å². The number of benzene rings is 2. The van der Waals surface area contributed by atoms with Gasteiger partial charge >= 0.3 is 0 Å². The normalized spacial score (nSPS) is 16.0. The molecule has 5 nitrogen and oxygen atoms in total. The summed E-state index contributed by atoms with van der Waals surface area (Å²) in [5, 5.41) is 27.2. The Kier molecular flexibility index (Phi) is 3.43. The van der Waals surface area contributed by atoms with Crippen LogP contribution in [0.5, 0.6) is 5.75 Å². The molecule has 0 fully saturated rings. The van der Waals surface area contributed by atoms with Gasteiger partial charge in [-0.2, -0.15) is 10.4 Å². The van der Waals surface area contributed by atoms with E-state index in [1.165, 1.54) is 5.56 Å². The number of aromatic nitrogens is 2. The maximum Gasteiger partial charge on any atom is 0.143 e. The van der Waals surface area contributed by atoms with Crippen LogP contribution in [-0.2, 0) is 0 Å². The molecule has 24 heavy (non-hydrogen) atoms. The van der Waals surface area contributed by atoms with Gasteiger partial charge in [-0.15, -0.1) is 0 Å². The van der Waals surface area contributed by atoms with Crippen LogP contribution in [0.4, 0.5) is 5.82 Å². The lowest BCUT2D eigenvalue weighted by molar-refractivity contribution is 0.475. The van der Waals surface area contributed by atoms with Gasteiger partial charge in [0.2, 0.25) is 0 Å². The molecule has 0 saturated carbocycles. The number of hydrogen-bond acceptors (Lipinski definition) is 4. The van der Waals surface area contributed by atoms with E-state index in [1.54, 1.807) is 24.3 Å². The number of fused-ring (bicyclic) bond motifs is 1. The van der Waals surface area contributed by atoms with E-state index in [9.17, 15) is 10.4 Å². The summed E-state index contributed by atoms with van der Waals surface area (Å²) in [5.74, 6) is 0.960. The molecule has 1 atom stereocenters. The van der Waals surface area contributed by atoms with E-state index in [4.69, 9.17) is 5.10 Å². The fraction of sp³-hybridized carbons (Fsp3) is 0.158. The standard InChI is InChI=1S/C19H16N4O/c20-12-16-18(14-6-8-15(24)9-7-14)22-23-17(10-11-21-19(16)23)13-4-2-1-3-5-13/h1-9,17,21,24H,10-11H2. The molecule has 2 N–H and O–H groups in total. The van der Waals surface area contributed by atoms with Crippen LogP contribution in [0.1, 0.15) is 23.6 Å². The highest BCUT2D eigenvalue weighted by molar-refractivity contribution is 5.74. The Morgan fingerprint density at radius 2 is 1.88 bits per heavy atom. The SMILES string of the molecule is N#Cc1c(-c2ccc(O)cc2)nn2c1NCCC2c1ccccc1. The minimum Gasteiger partial charge on any atom is -0.508 e. The van der Waals surface area contributed by atoms with E-state index in [2.05, 4.69) is 23.5 Å². The summed E-state index contributed by atoms with van der Waals surface area (Å²) in [6.45, 7) is 0.801. The minimum atomic E-state index is 0.111. The third-order valence-corrected chi connectivity index (χ3v) is 4.35. The second kappa shape index (κ2) is 5.74. The number of rotatable bonds is 2. The fourth-order valence-corrected chi connectivity index (χ4v) is 3.19. The lowest BCUT2D eigenvalue weighted by atomic mass is 10.0. The molecule has 0 aliphatic carbocycles. The van der Waals surface area contributed by atoms with Gasteiger partial charge in [-0.05, 0) is 36.2 Å². The average Bonchev–Trinajstić information content (AvgIpc) is 3.01. The number of phenols is 1. The van der Waals surface area contributed by atoms with Gasteiger partial charge in [-0.25, -0.2) is 4.68 Å². The Morgan fingerprint density at radius 1 is 1.12 bits per heavy atom. The number of aromatic hydroxyl groups is 1. The van der Waals surface area contributed by atoms with Gasteiger partial charge in [0.05, 0.1) is 6.04 Å². The number of nitrogens with zero attached hydrogens (tertiary/aromatic N) is 3. The maximum absolute atomic E-state index is 9.64. The molecule has 0 amide bonds. The molecule has 0 bridgehead atoms. The molecule has 0 saturated heterocycles. The molecular weight excluding hydrogens is 300 g/mol. The number of nitrogens with one attached hydrogen (secondary N) is 1. The van der Waals surface area contributed by atoms with Crippen molar-refractivity contribution in [2.45, 2.75) is 12.5 Å². The first-order valence-electron chi connectivity index (χ1n) is 7.89. The van der Waals surface area contributed by atoms with Crippen molar-refractivity contribution < 1.29 is 5.11 Å². The number of phenolic OH excluding ortho intramolecular Hbond substituents is 1. The van der Waals surface area contributed by atoms with E-state index < -0.39 is 0 Å². The topological polar surface area (TPSA) is 73.9 Å². The highest BCUT2D eigenvalue weighted by atomic mass is 16.3. The molecule has 0 spiro atoms.